The van der Waals surface area contributed by atoms with Crippen LogP contribution in [0.1, 0.15) is 16.7 Å². The molecule has 53 heavy (non-hydrogen) atoms. The SMILES string of the molecule is N#Cc1ccc(-c2nc(-c3ccccc3)nc(-c3ccccc3)n2)cc1-n1c2ccccc2c2cc(-c3cc(C(F)(F)F)cc(C(F)(F)F)c3)ccc21. The summed E-state index contributed by atoms with van der Waals surface area (Å²) in [5, 5.41) is 11.5. The molecule has 0 aliphatic rings. The van der Waals surface area contributed by atoms with Gasteiger partial charge in [0, 0.05) is 27.5 Å². The zero-order valence-electron chi connectivity index (χ0n) is 27.3. The molecule has 6 aromatic carbocycles. The highest BCUT2D eigenvalue weighted by molar-refractivity contribution is 6.10. The van der Waals surface area contributed by atoms with E-state index in [1.165, 1.54) is 6.07 Å². The lowest BCUT2D eigenvalue weighted by Crippen LogP contribution is -2.11. The Kier molecular flexibility index (Phi) is 8.03. The molecule has 0 radical (unpaired) electrons. The van der Waals surface area contributed by atoms with E-state index in [0.29, 0.717) is 56.1 Å². The van der Waals surface area contributed by atoms with Gasteiger partial charge in [0.25, 0.3) is 0 Å². The summed E-state index contributed by atoms with van der Waals surface area (Å²) in [7, 11) is 0. The van der Waals surface area contributed by atoms with Crippen LogP contribution in [0.5, 0.6) is 0 Å². The average Bonchev–Trinajstić information content (AvgIpc) is 3.51. The molecule has 258 valence electrons. The second-order valence-corrected chi connectivity index (χ2v) is 12.3. The summed E-state index contributed by atoms with van der Waals surface area (Å²) < 4.78 is 84.3. The lowest BCUT2D eigenvalue weighted by atomic mass is 9.97. The van der Waals surface area contributed by atoms with Gasteiger partial charge in [-0.2, -0.15) is 31.6 Å². The second-order valence-electron chi connectivity index (χ2n) is 12.3. The molecule has 0 fully saturated rings. The molecule has 0 aliphatic carbocycles. The molecule has 0 bridgehead atoms. The Bertz CT molecular complexity index is 2620. The molecular weight excluding hydrogens is 688 g/mol. The van der Waals surface area contributed by atoms with Crippen LogP contribution in [0.4, 0.5) is 26.3 Å². The fraction of sp³-hybridized carbons (Fsp3) is 0.0476. The van der Waals surface area contributed by atoms with E-state index in [4.69, 9.17) is 15.0 Å². The Labute approximate surface area is 298 Å². The van der Waals surface area contributed by atoms with E-state index in [-0.39, 0.29) is 17.2 Å². The molecule has 11 heteroatoms. The van der Waals surface area contributed by atoms with Crippen LogP contribution in [0.15, 0.2) is 140 Å². The van der Waals surface area contributed by atoms with Crippen molar-refractivity contribution in [2.24, 2.45) is 0 Å². The second kappa shape index (κ2) is 12.8. The Morgan fingerprint density at radius 3 is 1.53 bits per heavy atom. The third kappa shape index (κ3) is 6.25. The van der Waals surface area contributed by atoms with E-state index in [2.05, 4.69) is 6.07 Å². The Morgan fingerprint density at radius 2 is 0.962 bits per heavy atom. The summed E-state index contributed by atoms with van der Waals surface area (Å²) >= 11 is 0. The summed E-state index contributed by atoms with van der Waals surface area (Å²) in [5.41, 5.74) is 1.32. The Morgan fingerprint density at radius 1 is 0.453 bits per heavy atom. The maximum atomic E-state index is 13.7. The predicted octanol–water partition coefficient (Wildman–Crippen LogP) is 11.5. The van der Waals surface area contributed by atoms with Gasteiger partial charge in [-0.3, -0.25) is 0 Å². The molecule has 0 saturated carbocycles. The monoisotopic (exact) mass is 711 g/mol. The van der Waals surface area contributed by atoms with Gasteiger partial charge in [-0.15, -0.1) is 0 Å². The number of aromatic nitrogens is 4. The summed E-state index contributed by atoms with van der Waals surface area (Å²) in [5.74, 6) is 1.26. The van der Waals surface area contributed by atoms with Crippen LogP contribution in [0.2, 0.25) is 0 Å². The number of rotatable bonds is 5. The molecule has 5 nitrogen and oxygen atoms in total. The highest BCUT2D eigenvalue weighted by atomic mass is 19.4. The van der Waals surface area contributed by atoms with Crippen molar-refractivity contribution in [1.82, 2.24) is 19.5 Å². The van der Waals surface area contributed by atoms with Crippen molar-refractivity contribution in [2.75, 3.05) is 0 Å². The molecule has 0 amide bonds. The Hall–Kier alpha value is -6.80. The van der Waals surface area contributed by atoms with Crippen LogP contribution in [0.25, 0.3) is 72.8 Å². The van der Waals surface area contributed by atoms with Gasteiger partial charge in [0.1, 0.15) is 6.07 Å². The van der Waals surface area contributed by atoms with Crippen molar-refractivity contribution in [3.63, 3.8) is 0 Å². The van der Waals surface area contributed by atoms with Crippen LogP contribution < -0.4 is 0 Å². The van der Waals surface area contributed by atoms with Crippen molar-refractivity contribution in [3.05, 3.63) is 156 Å². The summed E-state index contributed by atoms with van der Waals surface area (Å²) in [4.78, 5) is 14.4. The number of benzene rings is 6. The van der Waals surface area contributed by atoms with Crippen LogP contribution in [-0.4, -0.2) is 19.5 Å². The minimum Gasteiger partial charge on any atom is -0.308 e. The van der Waals surface area contributed by atoms with E-state index in [0.717, 1.165) is 23.3 Å². The highest BCUT2D eigenvalue weighted by Gasteiger charge is 2.37. The van der Waals surface area contributed by atoms with Crippen molar-refractivity contribution >= 4 is 21.8 Å². The minimum atomic E-state index is -4.99. The molecule has 0 saturated heterocycles. The number of fused-ring (bicyclic) bond motifs is 3. The van der Waals surface area contributed by atoms with E-state index in [1.54, 1.807) is 42.5 Å². The van der Waals surface area contributed by atoms with Gasteiger partial charge in [0.2, 0.25) is 0 Å². The topological polar surface area (TPSA) is 67.4 Å². The number of hydrogen-bond donors (Lipinski definition) is 0. The smallest absolute Gasteiger partial charge is 0.308 e. The fourth-order valence-corrected chi connectivity index (χ4v) is 6.42. The van der Waals surface area contributed by atoms with Gasteiger partial charge in [0.05, 0.1) is 33.4 Å². The fourth-order valence-electron chi connectivity index (χ4n) is 6.42. The lowest BCUT2D eigenvalue weighted by molar-refractivity contribution is -0.143. The molecule has 2 aromatic heterocycles. The predicted molar refractivity (Wildman–Crippen MR) is 191 cm³/mol. The van der Waals surface area contributed by atoms with E-state index in [1.807, 2.05) is 77.4 Å². The molecular formula is C42H23F6N5. The van der Waals surface area contributed by atoms with Gasteiger partial charge in [-0.25, -0.2) is 15.0 Å². The van der Waals surface area contributed by atoms with Gasteiger partial charge in [-0.1, -0.05) is 84.9 Å². The summed E-state index contributed by atoms with van der Waals surface area (Å²) in [6.45, 7) is 0. The zero-order chi connectivity index (χ0) is 36.9. The standard InChI is InChI=1S/C42H23F6N5/c43-41(44,45)31-19-30(20-32(23-31)42(46,47)48)27-17-18-36-34(21-27)33-13-7-8-14-35(33)53(36)37-22-28(15-16-29(37)24-49)40-51-38(25-9-3-1-4-10-25)50-39(52-40)26-11-5-2-6-12-26/h1-23H. The van der Waals surface area contributed by atoms with E-state index < -0.39 is 23.5 Å². The van der Waals surface area contributed by atoms with Crippen LogP contribution in [0, 0.1) is 11.3 Å². The van der Waals surface area contributed by atoms with E-state index in [9.17, 15) is 31.6 Å². The van der Waals surface area contributed by atoms with Gasteiger partial charge in [-0.05, 0) is 65.7 Å². The number of halogens is 6. The maximum absolute atomic E-state index is 13.7. The first-order chi connectivity index (χ1) is 25.5. The van der Waals surface area contributed by atoms with Gasteiger partial charge in [0.15, 0.2) is 17.5 Å². The van der Waals surface area contributed by atoms with Crippen molar-refractivity contribution in [1.29, 1.82) is 5.26 Å². The molecule has 0 unspecified atom stereocenters. The number of nitrogens with zero attached hydrogens (tertiary/aromatic N) is 5. The Balaban J connectivity index is 1.33. The van der Waals surface area contributed by atoms with E-state index >= 15 is 0 Å². The van der Waals surface area contributed by atoms with Gasteiger partial charge < -0.3 is 4.57 Å². The number of para-hydroxylation sites is 1. The number of alkyl halides is 6. The van der Waals surface area contributed by atoms with Crippen LogP contribution >= 0.6 is 0 Å². The minimum absolute atomic E-state index is 0.114. The van der Waals surface area contributed by atoms with Crippen molar-refractivity contribution < 1.29 is 26.3 Å². The average molecular weight is 712 g/mol. The quantitative estimate of drug-likeness (QED) is 0.167. The summed E-state index contributed by atoms with van der Waals surface area (Å²) in [6.07, 6.45) is -9.98. The van der Waals surface area contributed by atoms with Crippen LogP contribution in [-0.2, 0) is 12.4 Å². The molecule has 0 spiro atoms. The normalized spacial score (nSPS) is 11.9. The van der Waals surface area contributed by atoms with Crippen LogP contribution in [0.3, 0.4) is 0 Å². The van der Waals surface area contributed by atoms with Gasteiger partial charge >= 0.3 is 12.4 Å². The third-order valence-corrected chi connectivity index (χ3v) is 8.91. The first-order valence-electron chi connectivity index (χ1n) is 16.2. The number of nitriles is 1. The zero-order valence-corrected chi connectivity index (χ0v) is 27.3. The first kappa shape index (κ1) is 33.3. The summed E-state index contributed by atoms with van der Waals surface area (Å²) in [6, 6.07) is 39.8. The molecule has 8 rings (SSSR count). The van der Waals surface area contributed by atoms with Crippen molar-refractivity contribution in [3.8, 4) is 57.0 Å². The highest BCUT2D eigenvalue weighted by Crippen LogP contribution is 2.41. The largest absolute Gasteiger partial charge is 0.416 e. The molecule has 2 heterocycles. The molecule has 0 atom stereocenters. The first-order valence-corrected chi connectivity index (χ1v) is 16.2. The third-order valence-electron chi connectivity index (χ3n) is 8.91. The molecule has 8 aromatic rings. The number of hydrogen-bond acceptors (Lipinski definition) is 4. The molecule has 0 N–H and O–H groups in total. The molecule has 0 aliphatic heterocycles. The maximum Gasteiger partial charge on any atom is 0.416 e. The lowest BCUT2D eigenvalue weighted by Gasteiger charge is -2.15. The van der Waals surface area contributed by atoms with Crippen molar-refractivity contribution in [2.45, 2.75) is 12.4 Å².